The van der Waals surface area contributed by atoms with Crippen LogP contribution in [0, 0.1) is 18.8 Å². The molecule has 2 aliphatic rings. The largest absolute Gasteiger partial charge is 0.478 e. The summed E-state index contributed by atoms with van der Waals surface area (Å²) in [5.74, 6) is 0.457. The molecule has 2 heterocycles. The molecule has 2 aromatic rings. The smallest absolute Gasteiger partial charge is 0.335 e. The first-order valence-corrected chi connectivity index (χ1v) is 8.33. The summed E-state index contributed by atoms with van der Waals surface area (Å²) in [4.78, 5) is 15.8. The number of fused-ring (bicyclic) bond motifs is 1. The Morgan fingerprint density at radius 2 is 2.08 bits per heavy atom. The topological polar surface area (TPSA) is 62.2 Å². The van der Waals surface area contributed by atoms with Crippen molar-refractivity contribution in [2.24, 2.45) is 11.8 Å². The summed E-state index contributed by atoms with van der Waals surface area (Å²) in [5, 5.41) is 12.8. The first-order chi connectivity index (χ1) is 11.6. The van der Waals surface area contributed by atoms with Gasteiger partial charge < -0.3 is 10.4 Å². The maximum absolute atomic E-state index is 11.4. The maximum atomic E-state index is 11.4. The minimum atomic E-state index is -0.891. The predicted octanol–water partition coefficient (Wildman–Crippen LogP) is 3.38. The number of pyridine rings is 1. The zero-order chi connectivity index (χ0) is 16.7. The summed E-state index contributed by atoms with van der Waals surface area (Å²) < 4.78 is 0. The van der Waals surface area contributed by atoms with Crippen LogP contribution in [-0.4, -0.2) is 29.1 Å². The molecule has 1 aliphatic carbocycles. The fourth-order valence-electron chi connectivity index (χ4n) is 3.94. The van der Waals surface area contributed by atoms with Gasteiger partial charge in [0.25, 0.3) is 0 Å². The average molecular weight is 320 g/mol. The van der Waals surface area contributed by atoms with Crippen molar-refractivity contribution in [1.82, 2.24) is 10.3 Å². The SMILES string of the molecule is Cc1c(C(=O)O)cccc1-c1cncc(C2=CC3CNCC3C2)c1. The highest BCUT2D eigenvalue weighted by Gasteiger charge is 2.31. The van der Waals surface area contributed by atoms with Crippen LogP contribution < -0.4 is 5.32 Å². The van der Waals surface area contributed by atoms with Crippen molar-refractivity contribution in [1.29, 1.82) is 0 Å². The first-order valence-electron chi connectivity index (χ1n) is 8.33. The van der Waals surface area contributed by atoms with Crippen LogP contribution in [0.2, 0.25) is 0 Å². The van der Waals surface area contributed by atoms with Gasteiger partial charge in [-0.15, -0.1) is 0 Å². The van der Waals surface area contributed by atoms with Gasteiger partial charge in [0, 0.05) is 24.5 Å². The minimum absolute atomic E-state index is 0.346. The van der Waals surface area contributed by atoms with E-state index in [4.69, 9.17) is 0 Å². The van der Waals surface area contributed by atoms with E-state index >= 15 is 0 Å². The van der Waals surface area contributed by atoms with Gasteiger partial charge >= 0.3 is 5.97 Å². The monoisotopic (exact) mass is 320 g/mol. The molecule has 2 N–H and O–H groups in total. The number of hydrogen-bond donors (Lipinski definition) is 2. The lowest BCUT2D eigenvalue weighted by Gasteiger charge is -2.11. The maximum Gasteiger partial charge on any atom is 0.335 e. The molecule has 0 saturated carbocycles. The zero-order valence-electron chi connectivity index (χ0n) is 13.6. The van der Waals surface area contributed by atoms with Gasteiger partial charge in [0.15, 0.2) is 0 Å². The van der Waals surface area contributed by atoms with Gasteiger partial charge in [-0.2, -0.15) is 0 Å². The molecule has 2 atom stereocenters. The quantitative estimate of drug-likeness (QED) is 0.910. The lowest BCUT2D eigenvalue weighted by Crippen LogP contribution is -2.09. The fourth-order valence-corrected chi connectivity index (χ4v) is 3.94. The third-order valence-electron chi connectivity index (χ3n) is 5.27. The molecule has 24 heavy (non-hydrogen) atoms. The summed E-state index contributed by atoms with van der Waals surface area (Å²) in [6.07, 6.45) is 7.21. The second-order valence-electron chi connectivity index (χ2n) is 6.72. The number of carboxylic acids is 1. The van der Waals surface area contributed by atoms with Gasteiger partial charge in [-0.1, -0.05) is 18.2 Å². The van der Waals surface area contributed by atoms with E-state index < -0.39 is 5.97 Å². The number of allylic oxidation sites excluding steroid dienone is 1. The van der Waals surface area contributed by atoms with Crippen molar-refractivity contribution < 1.29 is 9.90 Å². The Labute approximate surface area is 141 Å². The van der Waals surface area contributed by atoms with E-state index in [1.165, 1.54) is 5.57 Å². The molecule has 1 aromatic heterocycles. The van der Waals surface area contributed by atoms with Gasteiger partial charge in [0.05, 0.1) is 5.56 Å². The number of carbonyl (C=O) groups is 1. The number of nitrogens with one attached hydrogen (secondary N) is 1. The Balaban J connectivity index is 1.71. The summed E-state index contributed by atoms with van der Waals surface area (Å²) >= 11 is 0. The summed E-state index contributed by atoms with van der Waals surface area (Å²) in [7, 11) is 0. The van der Waals surface area contributed by atoms with Crippen LogP contribution in [0.15, 0.2) is 42.7 Å². The number of nitrogens with zero attached hydrogens (tertiary/aromatic N) is 1. The Bertz CT molecular complexity index is 841. The van der Waals surface area contributed by atoms with Crippen LogP contribution in [0.4, 0.5) is 0 Å². The van der Waals surface area contributed by atoms with Gasteiger partial charge in [0.2, 0.25) is 0 Å². The third-order valence-corrected chi connectivity index (χ3v) is 5.27. The van der Waals surface area contributed by atoms with Crippen LogP contribution in [-0.2, 0) is 0 Å². The fraction of sp³-hybridized carbons (Fsp3) is 0.300. The molecular weight excluding hydrogens is 300 g/mol. The van der Waals surface area contributed by atoms with Crippen LogP contribution in [0.25, 0.3) is 16.7 Å². The third kappa shape index (κ3) is 2.53. The lowest BCUT2D eigenvalue weighted by atomic mass is 9.95. The molecular formula is C20H20N2O2. The molecule has 2 unspecified atom stereocenters. The van der Waals surface area contributed by atoms with Gasteiger partial charge in [-0.3, -0.25) is 4.98 Å². The van der Waals surface area contributed by atoms with Crippen LogP contribution in [0.5, 0.6) is 0 Å². The Morgan fingerprint density at radius 1 is 1.25 bits per heavy atom. The molecule has 0 amide bonds. The highest BCUT2D eigenvalue weighted by Crippen LogP contribution is 2.39. The Hall–Kier alpha value is -2.46. The number of carboxylic acid groups (broad SMARTS) is 1. The summed E-state index contributed by atoms with van der Waals surface area (Å²) in [6, 6.07) is 7.54. The van der Waals surface area contributed by atoms with Crippen molar-refractivity contribution in [2.45, 2.75) is 13.3 Å². The molecule has 1 aromatic carbocycles. The van der Waals surface area contributed by atoms with E-state index in [-0.39, 0.29) is 0 Å². The normalized spacial score (nSPS) is 22.3. The number of aromatic nitrogens is 1. The van der Waals surface area contributed by atoms with Gasteiger partial charge in [-0.25, -0.2) is 4.79 Å². The second-order valence-corrected chi connectivity index (χ2v) is 6.72. The second kappa shape index (κ2) is 5.87. The van der Waals surface area contributed by atoms with Crippen LogP contribution in [0.1, 0.15) is 27.9 Å². The molecule has 0 radical (unpaired) electrons. The molecule has 0 spiro atoms. The molecule has 122 valence electrons. The van der Waals surface area contributed by atoms with Gasteiger partial charge in [0.1, 0.15) is 0 Å². The number of hydrogen-bond acceptors (Lipinski definition) is 3. The van der Waals surface area contributed by atoms with Crippen molar-refractivity contribution >= 4 is 11.5 Å². The molecule has 4 rings (SSSR count). The molecule has 4 heteroatoms. The molecule has 1 fully saturated rings. The number of rotatable bonds is 3. The average Bonchev–Trinajstić information content (AvgIpc) is 3.16. The Kier molecular flexibility index (Phi) is 3.69. The van der Waals surface area contributed by atoms with Crippen LogP contribution >= 0.6 is 0 Å². The van der Waals surface area contributed by atoms with Crippen molar-refractivity contribution in [3.8, 4) is 11.1 Å². The van der Waals surface area contributed by atoms with Crippen LogP contribution in [0.3, 0.4) is 0 Å². The van der Waals surface area contributed by atoms with E-state index in [0.717, 1.165) is 41.8 Å². The summed E-state index contributed by atoms with van der Waals surface area (Å²) in [5.41, 5.74) is 5.56. The molecule has 1 saturated heterocycles. The molecule has 4 nitrogen and oxygen atoms in total. The summed E-state index contributed by atoms with van der Waals surface area (Å²) in [6.45, 7) is 4.02. The van der Waals surface area contributed by atoms with Crippen molar-refractivity contribution in [3.63, 3.8) is 0 Å². The number of benzene rings is 1. The van der Waals surface area contributed by atoms with E-state index in [9.17, 15) is 9.90 Å². The molecule has 0 bridgehead atoms. The molecule has 1 aliphatic heterocycles. The van der Waals surface area contributed by atoms with Crippen molar-refractivity contribution in [2.75, 3.05) is 13.1 Å². The van der Waals surface area contributed by atoms with E-state index in [1.807, 2.05) is 25.4 Å². The van der Waals surface area contributed by atoms with Gasteiger partial charge in [-0.05, 0) is 66.1 Å². The lowest BCUT2D eigenvalue weighted by molar-refractivity contribution is 0.0696. The Morgan fingerprint density at radius 3 is 2.88 bits per heavy atom. The zero-order valence-corrected chi connectivity index (χ0v) is 13.6. The minimum Gasteiger partial charge on any atom is -0.478 e. The standard InChI is InChI=1S/C20H20N2O2/c1-12-18(3-2-4-19(12)20(23)24)17-7-14(8-22-11-17)13-5-15-9-21-10-16(15)6-13/h2-5,7-8,11,15-16,21H,6,9-10H2,1H3,(H,23,24). The van der Waals surface area contributed by atoms with E-state index in [1.54, 1.807) is 12.1 Å². The number of aromatic carboxylic acids is 1. The van der Waals surface area contributed by atoms with E-state index in [2.05, 4.69) is 22.4 Å². The predicted molar refractivity (Wildman–Crippen MR) is 93.8 cm³/mol. The highest BCUT2D eigenvalue weighted by molar-refractivity contribution is 5.92. The van der Waals surface area contributed by atoms with E-state index in [0.29, 0.717) is 17.4 Å². The first kappa shape index (κ1) is 15.1. The highest BCUT2D eigenvalue weighted by atomic mass is 16.4. The van der Waals surface area contributed by atoms with Crippen molar-refractivity contribution in [3.05, 3.63) is 59.4 Å².